The number of hydrogen-bond acceptors (Lipinski definition) is 5. The summed E-state index contributed by atoms with van der Waals surface area (Å²) in [6, 6.07) is 6.90. The Morgan fingerprint density at radius 2 is 1.86 bits per heavy atom. The molecular formula is C21H30Cl2N2O2S. The molecule has 0 radical (unpaired) electrons. The van der Waals surface area contributed by atoms with Gasteiger partial charge in [0.1, 0.15) is 0 Å². The highest BCUT2D eigenvalue weighted by atomic mass is 35.5. The number of methoxy groups -OCH3 is 1. The maximum absolute atomic E-state index is 12.6. The Kier molecular flexibility index (Phi) is 7.60. The van der Waals surface area contributed by atoms with Crippen molar-refractivity contribution in [3.8, 4) is 0 Å². The number of halogens is 2. The predicted octanol–water partition coefficient (Wildman–Crippen LogP) is 5.02. The summed E-state index contributed by atoms with van der Waals surface area (Å²) in [6.45, 7) is 4.95. The van der Waals surface area contributed by atoms with Crippen LogP contribution in [0.15, 0.2) is 18.2 Å². The van der Waals surface area contributed by atoms with Gasteiger partial charge in [-0.05, 0) is 82.6 Å². The van der Waals surface area contributed by atoms with Gasteiger partial charge in [0.25, 0.3) is 0 Å². The molecule has 1 aromatic carbocycles. The zero-order valence-electron chi connectivity index (χ0n) is 16.9. The number of carbonyl (C=O) groups is 1. The highest BCUT2D eigenvalue weighted by molar-refractivity contribution is 7.96. The molecule has 1 aliphatic carbocycles. The van der Waals surface area contributed by atoms with Gasteiger partial charge in [-0.25, -0.2) is 4.31 Å². The minimum Gasteiger partial charge on any atom is -0.468 e. The lowest BCUT2D eigenvalue weighted by atomic mass is 9.79. The fourth-order valence-corrected chi connectivity index (χ4v) is 5.45. The Bertz CT molecular complexity index is 693. The molecule has 1 unspecified atom stereocenters. The Labute approximate surface area is 183 Å². The van der Waals surface area contributed by atoms with Crippen LogP contribution in [-0.2, 0) is 14.9 Å². The number of carbonyl (C=O) groups excluding carboxylic acids is 1. The number of likely N-dealkylation sites (tertiary alicyclic amines) is 1. The first-order valence-corrected chi connectivity index (χ1v) is 11.9. The summed E-state index contributed by atoms with van der Waals surface area (Å²) < 4.78 is 7.75. The molecule has 2 aliphatic rings. The van der Waals surface area contributed by atoms with Crippen molar-refractivity contribution < 1.29 is 9.53 Å². The van der Waals surface area contributed by atoms with Crippen LogP contribution in [0, 0.1) is 0 Å². The lowest BCUT2D eigenvalue weighted by Gasteiger charge is -2.38. The summed E-state index contributed by atoms with van der Waals surface area (Å²) in [7, 11) is 1.44. The van der Waals surface area contributed by atoms with Crippen LogP contribution in [0.1, 0.15) is 44.6 Å². The van der Waals surface area contributed by atoms with Crippen molar-refractivity contribution in [2.75, 3.05) is 33.0 Å². The van der Waals surface area contributed by atoms with Crippen LogP contribution in [0.2, 0.25) is 10.0 Å². The number of esters is 1. The largest absolute Gasteiger partial charge is 0.468 e. The van der Waals surface area contributed by atoms with Gasteiger partial charge in [-0.3, -0.25) is 4.79 Å². The van der Waals surface area contributed by atoms with Gasteiger partial charge in [-0.15, -0.1) is 0 Å². The second kappa shape index (κ2) is 9.57. The number of nitrogens with zero attached hydrogens (tertiary/aromatic N) is 2. The smallest absolute Gasteiger partial charge is 0.316 e. The van der Waals surface area contributed by atoms with E-state index >= 15 is 0 Å². The van der Waals surface area contributed by atoms with Gasteiger partial charge in [0.15, 0.2) is 0 Å². The van der Waals surface area contributed by atoms with Crippen LogP contribution in [0.5, 0.6) is 0 Å². The van der Waals surface area contributed by atoms with Crippen molar-refractivity contribution >= 4 is 41.1 Å². The van der Waals surface area contributed by atoms with E-state index in [4.69, 9.17) is 27.9 Å². The lowest BCUT2D eigenvalue weighted by Crippen LogP contribution is -2.45. The van der Waals surface area contributed by atoms with Gasteiger partial charge < -0.3 is 9.64 Å². The van der Waals surface area contributed by atoms with Crippen LogP contribution >= 0.6 is 35.1 Å². The molecule has 1 saturated heterocycles. The monoisotopic (exact) mass is 444 g/mol. The Morgan fingerprint density at radius 1 is 1.21 bits per heavy atom. The third-order valence-corrected chi connectivity index (χ3v) is 7.91. The number of benzene rings is 1. The van der Waals surface area contributed by atoms with Crippen LogP contribution in [0.25, 0.3) is 0 Å². The standard InChI is InChI=1S/C21H30Cl2N2O2S/c1-21(20(26)27-2,15-4-7-18(22)19(23)14-15)10-13-24-11-8-17(9-12-24)25(28-3)16-5-6-16/h4,7,14,16-17H,5-6,8-13H2,1-3H3. The van der Waals surface area contributed by atoms with Crippen LogP contribution < -0.4 is 0 Å². The summed E-state index contributed by atoms with van der Waals surface area (Å²) >= 11 is 14.2. The number of rotatable bonds is 8. The Morgan fingerprint density at radius 3 is 2.39 bits per heavy atom. The normalized spacial score (nSPS) is 20.9. The van der Waals surface area contributed by atoms with E-state index in [1.54, 1.807) is 12.1 Å². The molecule has 1 aliphatic heterocycles. The SMILES string of the molecule is COC(=O)C(C)(CCN1CCC(N(SC)C2CC2)CC1)c1ccc(Cl)c(Cl)c1. The zero-order valence-corrected chi connectivity index (χ0v) is 19.2. The summed E-state index contributed by atoms with van der Waals surface area (Å²) in [5.41, 5.74) is 0.116. The summed E-state index contributed by atoms with van der Waals surface area (Å²) in [5.74, 6) is -0.233. The third kappa shape index (κ3) is 4.99. The molecule has 1 saturated carbocycles. The van der Waals surface area contributed by atoms with Crippen LogP contribution in [0.4, 0.5) is 0 Å². The third-order valence-electron chi connectivity index (χ3n) is 6.16. The topological polar surface area (TPSA) is 32.8 Å². The number of hydrogen-bond donors (Lipinski definition) is 0. The van der Waals surface area contributed by atoms with E-state index in [-0.39, 0.29) is 5.97 Å². The molecule has 3 rings (SSSR count). The molecule has 0 aromatic heterocycles. The van der Waals surface area contributed by atoms with Crippen LogP contribution in [0.3, 0.4) is 0 Å². The highest BCUT2D eigenvalue weighted by Gasteiger charge is 2.38. The van der Waals surface area contributed by atoms with Crippen molar-refractivity contribution in [1.29, 1.82) is 0 Å². The van der Waals surface area contributed by atoms with E-state index < -0.39 is 5.41 Å². The minimum absolute atomic E-state index is 0.233. The van der Waals surface area contributed by atoms with Gasteiger partial charge in [0.05, 0.1) is 22.6 Å². The van der Waals surface area contributed by atoms with Crippen molar-refractivity contribution in [2.45, 2.75) is 56.5 Å². The van der Waals surface area contributed by atoms with E-state index in [0.29, 0.717) is 22.5 Å². The second-order valence-corrected chi connectivity index (χ2v) is 9.65. The first-order valence-electron chi connectivity index (χ1n) is 9.97. The Hall–Kier alpha value is -0.460. The second-order valence-electron chi connectivity index (χ2n) is 8.05. The van der Waals surface area contributed by atoms with Gasteiger partial charge >= 0.3 is 5.97 Å². The average molecular weight is 445 g/mol. The van der Waals surface area contributed by atoms with Crippen LogP contribution in [-0.4, -0.2) is 60.3 Å². The van der Waals surface area contributed by atoms with Crippen molar-refractivity contribution in [3.63, 3.8) is 0 Å². The average Bonchev–Trinajstić information content (AvgIpc) is 3.54. The van der Waals surface area contributed by atoms with E-state index in [9.17, 15) is 4.79 Å². The molecule has 1 aromatic rings. The summed E-state index contributed by atoms with van der Waals surface area (Å²) in [4.78, 5) is 15.1. The van der Waals surface area contributed by atoms with Crippen molar-refractivity contribution in [3.05, 3.63) is 33.8 Å². The predicted molar refractivity (Wildman–Crippen MR) is 118 cm³/mol. The van der Waals surface area contributed by atoms with E-state index in [1.165, 1.54) is 32.8 Å². The fourth-order valence-electron chi connectivity index (χ4n) is 4.13. The zero-order chi connectivity index (χ0) is 20.3. The molecule has 7 heteroatoms. The van der Waals surface area contributed by atoms with E-state index in [2.05, 4.69) is 15.5 Å². The molecule has 1 heterocycles. The van der Waals surface area contributed by atoms with E-state index in [1.807, 2.05) is 24.9 Å². The molecule has 4 nitrogen and oxygen atoms in total. The maximum atomic E-state index is 12.6. The Balaban J connectivity index is 1.61. The maximum Gasteiger partial charge on any atom is 0.316 e. The lowest BCUT2D eigenvalue weighted by molar-refractivity contribution is -0.147. The van der Waals surface area contributed by atoms with E-state index in [0.717, 1.165) is 31.2 Å². The highest BCUT2D eigenvalue weighted by Crippen LogP contribution is 2.37. The first-order chi connectivity index (χ1) is 13.4. The molecule has 0 spiro atoms. The van der Waals surface area contributed by atoms with Gasteiger partial charge in [-0.1, -0.05) is 41.2 Å². The molecule has 2 fully saturated rings. The molecule has 28 heavy (non-hydrogen) atoms. The molecule has 1 atom stereocenters. The molecule has 0 N–H and O–H groups in total. The number of piperidine rings is 1. The van der Waals surface area contributed by atoms with Gasteiger partial charge in [0, 0.05) is 12.1 Å². The van der Waals surface area contributed by atoms with Gasteiger partial charge in [0.2, 0.25) is 0 Å². The van der Waals surface area contributed by atoms with Crippen molar-refractivity contribution in [2.24, 2.45) is 0 Å². The minimum atomic E-state index is -0.737. The molecule has 0 bridgehead atoms. The van der Waals surface area contributed by atoms with Gasteiger partial charge in [-0.2, -0.15) is 0 Å². The number of ether oxygens (including phenoxy) is 1. The summed E-state index contributed by atoms with van der Waals surface area (Å²) in [5, 5.41) is 0.959. The molecular weight excluding hydrogens is 415 g/mol. The quantitative estimate of drug-likeness (QED) is 0.415. The van der Waals surface area contributed by atoms with Crippen molar-refractivity contribution in [1.82, 2.24) is 9.21 Å². The fraction of sp³-hybridized carbons (Fsp3) is 0.667. The summed E-state index contributed by atoms with van der Waals surface area (Å²) in [6.07, 6.45) is 7.98. The molecule has 156 valence electrons. The first kappa shape index (κ1) is 22.2. The molecule has 0 amide bonds.